The lowest BCUT2D eigenvalue weighted by Gasteiger charge is -2.35. The maximum absolute atomic E-state index is 11.1. The molecule has 0 aliphatic carbocycles. The van der Waals surface area contributed by atoms with Crippen molar-refractivity contribution in [1.82, 2.24) is 19.8 Å². The molecular formula is C31H39ClN6O3. The molecular weight excluding hydrogens is 540 g/mol. The zero-order chi connectivity index (χ0) is 28.6. The van der Waals surface area contributed by atoms with Gasteiger partial charge >= 0.3 is 6.09 Å². The highest BCUT2D eigenvalue weighted by atomic mass is 35.5. The molecule has 5 rings (SSSR count). The Hall–Kier alpha value is -3.56. The van der Waals surface area contributed by atoms with E-state index in [9.17, 15) is 4.79 Å². The van der Waals surface area contributed by atoms with Crippen LogP contribution in [0.2, 0.25) is 5.02 Å². The van der Waals surface area contributed by atoms with Gasteiger partial charge in [0.2, 0.25) is 0 Å². The number of ether oxygens (including phenoxy) is 1. The van der Waals surface area contributed by atoms with Gasteiger partial charge in [-0.05, 0) is 63.1 Å². The SMILES string of the molecule is Cc1ncc2c(n1)N(CCCCCCN1CCN(C(=O)O)CC1)CCC2Nc1cccc(Oc2cccc(Cl)c2)c1. The summed E-state index contributed by atoms with van der Waals surface area (Å²) in [6, 6.07) is 15.5. The number of carbonyl (C=O) groups is 1. The molecule has 0 saturated carbocycles. The fraction of sp³-hybridized carbons (Fsp3) is 0.452. The van der Waals surface area contributed by atoms with E-state index in [0.717, 1.165) is 80.6 Å². The van der Waals surface area contributed by atoms with Crippen LogP contribution >= 0.6 is 11.6 Å². The summed E-state index contributed by atoms with van der Waals surface area (Å²) in [5, 5.41) is 13.4. The number of nitrogens with zero attached hydrogens (tertiary/aromatic N) is 5. The number of carboxylic acid groups (broad SMARTS) is 1. The highest BCUT2D eigenvalue weighted by Crippen LogP contribution is 2.35. The van der Waals surface area contributed by atoms with Crippen LogP contribution in [0.4, 0.5) is 16.3 Å². The number of amides is 1. The number of unbranched alkanes of at least 4 members (excludes halogenated alkanes) is 3. The van der Waals surface area contributed by atoms with E-state index >= 15 is 0 Å². The number of benzene rings is 2. The van der Waals surface area contributed by atoms with E-state index in [-0.39, 0.29) is 6.04 Å². The molecule has 1 fully saturated rings. The Balaban J connectivity index is 1.11. The van der Waals surface area contributed by atoms with Gasteiger partial charge in [0.05, 0.1) is 6.04 Å². The number of hydrogen-bond acceptors (Lipinski definition) is 7. The number of nitrogens with one attached hydrogen (secondary N) is 1. The second-order valence-electron chi connectivity index (χ2n) is 10.8. The van der Waals surface area contributed by atoms with Crippen LogP contribution in [0.25, 0.3) is 0 Å². The van der Waals surface area contributed by atoms with Gasteiger partial charge in [-0.15, -0.1) is 0 Å². The first-order chi connectivity index (χ1) is 19.9. The molecule has 2 aliphatic heterocycles. The summed E-state index contributed by atoms with van der Waals surface area (Å²) >= 11 is 6.11. The molecule has 218 valence electrons. The van der Waals surface area contributed by atoms with Crippen molar-refractivity contribution >= 4 is 29.2 Å². The van der Waals surface area contributed by atoms with E-state index in [1.54, 1.807) is 6.07 Å². The van der Waals surface area contributed by atoms with E-state index in [2.05, 4.69) is 26.2 Å². The van der Waals surface area contributed by atoms with Crippen molar-refractivity contribution in [2.45, 2.75) is 45.1 Å². The number of halogens is 1. The van der Waals surface area contributed by atoms with Crippen LogP contribution in [0, 0.1) is 6.92 Å². The van der Waals surface area contributed by atoms with E-state index in [4.69, 9.17) is 26.4 Å². The highest BCUT2D eigenvalue weighted by Gasteiger charge is 2.27. The average molecular weight is 579 g/mol. The normalized spacial score (nSPS) is 17.3. The van der Waals surface area contributed by atoms with Crippen molar-refractivity contribution in [1.29, 1.82) is 0 Å². The van der Waals surface area contributed by atoms with Crippen molar-refractivity contribution in [3.63, 3.8) is 0 Å². The third-order valence-electron chi connectivity index (χ3n) is 7.78. The minimum Gasteiger partial charge on any atom is -0.465 e. The van der Waals surface area contributed by atoms with Gasteiger partial charge < -0.3 is 25.0 Å². The number of aryl methyl sites for hydroxylation is 1. The van der Waals surface area contributed by atoms with Gasteiger partial charge in [-0.2, -0.15) is 0 Å². The number of aromatic nitrogens is 2. The fourth-order valence-electron chi connectivity index (χ4n) is 5.55. The third kappa shape index (κ3) is 8.01. The van der Waals surface area contributed by atoms with Crippen molar-refractivity contribution in [2.24, 2.45) is 0 Å². The Labute approximate surface area is 247 Å². The summed E-state index contributed by atoms with van der Waals surface area (Å²) in [7, 11) is 0. The number of fused-ring (bicyclic) bond motifs is 1. The Bertz CT molecular complexity index is 1320. The van der Waals surface area contributed by atoms with Gasteiger partial charge in [0.15, 0.2) is 0 Å². The smallest absolute Gasteiger partial charge is 0.407 e. The highest BCUT2D eigenvalue weighted by molar-refractivity contribution is 6.30. The lowest BCUT2D eigenvalue weighted by molar-refractivity contribution is 0.105. The van der Waals surface area contributed by atoms with Crippen molar-refractivity contribution in [3.05, 3.63) is 71.1 Å². The summed E-state index contributed by atoms with van der Waals surface area (Å²) in [4.78, 5) is 26.8. The lowest BCUT2D eigenvalue weighted by Crippen LogP contribution is -2.48. The number of rotatable bonds is 11. The first-order valence-electron chi connectivity index (χ1n) is 14.5. The maximum Gasteiger partial charge on any atom is 0.407 e. The predicted octanol–water partition coefficient (Wildman–Crippen LogP) is 6.45. The quantitative estimate of drug-likeness (QED) is 0.251. The molecule has 10 heteroatoms. The molecule has 9 nitrogen and oxygen atoms in total. The topological polar surface area (TPSA) is 94.1 Å². The van der Waals surface area contributed by atoms with Crippen LogP contribution in [0.15, 0.2) is 54.7 Å². The monoisotopic (exact) mass is 578 g/mol. The van der Waals surface area contributed by atoms with Gasteiger partial charge in [0.1, 0.15) is 23.1 Å². The lowest BCUT2D eigenvalue weighted by atomic mass is 10.00. The van der Waals surface area contributed by atoms with Gasteiger partial charge in [-0.1, -0.05) is 36.6 Å². The maximum atomic E-state index is 11.1. The Kier molecular flexibility index (Phi) is 9.80. The first-order valence-corrected chi connectivity index (χ1v) is 14.9. The van der Waals surface area contributed by atoms with E-state index in [1.165, 1.54) is 17.7 Å². The zero-order valence-corrected chi connectivity index (χ0v) is 24.4. The summed E-state index contributed by atoms with van der Waals surface area (Å²) in [5.74, 6) is 3.27. The summed E-state index contributed by atoms with van der Waals surface area (Å²) in [6.07, 6.45) is 6.75. The molecule has 3 aromatic rings. The van der Waals surface area contributed by atoms with Gasteiger partial charge in [0, 0.05) is 67.8 Å². The van der Waals surface area contributed by atoms with Gasteiger partial charge in [0.25, 0.3) is 0 Å². The predicted molar refractivity (Wildman–Crippen MR) is 162 cm³/mol. The fourth-order valence-corrected chi connectivity index (χ4v) is 5.73. The first kappa shape index (κ1) is 29.0. The molecule has 0 bridgehead atoms. The van der Waals surface area contributed by atoms with Gasteiger partial charge in [-0.25, -0.2) is 14.8 Å². The molecule has 2 aliphatic rings. The molecule has 1 saturated heterocycles. The number of anilines is 2. The van der Waals surface area contributed by atoms with Crippen LogP contribution in [0.5, 0.6) is 11.5 Å². The molecule has 1 atom stereocenters. The largest absolute Gasteiger partial charge is 0.465 e. The summed E-state index contributed by atoms with van der Waals surface area (Å²) in [6.45, 7) is 7.82. The molecule has 1 aromatic heterocycles. The van der Waals surface area contributed by atoms with Crippen LogP contribution in [0.1, 0.15) is 49.5 Å². The van der Waals surface area contributed by atoms with Gasteiger partial charge in [-0.3, -0.25) is 4.90 Å². The molecule has 41 heavy (non-hydrogen) atoms. The Morgan fingerprint density at radius 1 is 1.00 bits per heavy atom. The van der Waals surface area contributed by atoms with Crippen LogP contribution in [0.3, 0.4) is 0 Å². The molecule has 1 unspecified atom stereocenters. The minimum absolute atomic E-state index is 0.116. The van der Waals surface area contributed by atoms with Crippen LogP contribution in [-0.2, 0) is 0 Å². The van der Waals surface area contributed by atoms with E-state index in [1.807, 2.05) is 49.5 Å². The number of hydrogen-bond donors (Lipinski definition) is 2. The molecule has 3 heterocycles. The molecule has 2 aromatic carbocycles. The zero-order valence-electron chi connectivity index (χ0n) is 23.6. The molecule has 2 N–H and O–H groups in total. The molecule has 0 radical (unpaired) electrons. The minimum atomic E-state index is -0.805. The molecule has 0 spiro atoms. The Morgan fingerprint density at radius 3 is 2.49 bits per heavy atom. The second-order valence-corrected chi connectivity index (χ2v) is 11.2. The summed E-state index contributed by atoms with van der Waals surface area (Å²) in [5.41, 5.74) is 2.11. The second kappa shape index (κ2) is 13.9. The van der Waals surface area contributed by atoms with E-state index in [0.29, 0.717) is 23.9 Å². The van der Waals surface area contributed by atoms with Crippen molar-refractivity contribution < 1.29 is 14.6 Å². The van der Waals surface area contributed by atoms with Crippen LogP contribution < -0.4 is 15.0 Å². The third-order valence-corrected chi connectivity index (χ3v) is 8.02. The molecule has 1 amide bonds. The summed E-state index contributed by atoms with van der Waals surface area (Å²) < 4.78 is 6.03. The Morgan fingerprint density at radius 2 is 1.73 bits per heavy atom. The van der Waals surface area contributed by atoms with Crippen LogP contribution in [-0.4, -0.2) is 76.8 Å². The standard InChI is InChI=1S/C31H39ClN6O3/c1-23-33-22-28-29(35-25-9-7-11-27(21-25)41-26-10-6-8-24(32)20-26)12-15-37(30(28)34-23)14-5-3-2-4-13-36-16-18-38(19-17-36)31(39)40/h6-11,20-22,29,35H,2-5,12-19H2,1H3,(H,39,40). The number of piperazine rings is 1. The van der Waals surface area contributed by atoms with Crippen molar-refractivity contribution in [3.8, 4) is 11.5 Å². The van der Waals surface area contributed by atoms with Crippen molar-refractivity contribution in [2.75, 3.05) is 56.0 Å². The average Bonchev–Trinajstić information content (AvgIpc) is 2.96. The van der Waals surface area contributed by atoms with E-state index < -0.39 is 6.09 Å².